The van der Waals surface area contributed by atoms with Gasteiger partial charge in [0.2, 0.25) is 0 Å². The highest BCUT2D eigenvalue weighted by Gasteiger charge is 2.30. The number of allylic oxidation sites excluding steroid dienone is 1. The first-order chi connectivity index (χ1) is 9.35. The van der Waals surface area contributed by atoms with Crippen LogP contribution in [0.25, 0.3) is 0 Å². The van der Waals surface area contributed by atoms with Crippen molar-refractivity contribution in [1.82, 2.24) is 4.90 Å². The van der Waals surface area contributed by atoms with Crippen molar-refractivity contribution in [1.29, 1.82) is 0 Å². The molecule has 0 bridgehead atoms. The van der Waals surface area contributed by atoms with Crippen LogP contribution in [0, 0.1) is 5.92 Å². The minimum absolute atomic E-state index is 0.268. The van der Waals surface area contributed by atoms with E-state index in [1.807, 2.05) is 27.7 Å². The first-order valence-electron chi connectivity index (χ1n) is 6.95. The highest BCUT2D eigenvalue weighted by molar-refractivity contribution is 5.68. The van der Waals surface area contributed by atoms with Gasteiger partial charge in [-0.15, -0.1) is 0 Å². The Labute approximate surface area is 120 Å². The second kappa shape index (κ2) is 7.18. The Morgan fingerprint density at radius 1 is 1.40 bits per heavy atom. The average Bonchev–Trinajstić information content (AvgIpc) is 2.76. The van der Waals surface area contributed by atoms with Crippen molar-refractivity contribution in [2.24, 2.45) is 5.92 Å². The molecule has 0 aromatic rings. The van der Waals surface area contributed by atoms with E-state index in [2.05, 4.69) is 5.73 Å². The average molecular weight is 281 g/mol. The Bertz CT molecular complexity index is 426. The Hall–Kier alpha value is -1.70. The van der Waals surface area contributed by atoms with Crippen molar-refractivity contribution in [2.45, 2.75) is 46.1 Å². The zero-order valence-electron chi connectivity index (χ0n) is 12.7. The zero-order valence-corrected chi connectivity index (χ0v) is 12.7. The Balaban J connectivity index is 2.53. The SMILES string of the molecule is CCOC(=C=C=O)CC1CCN(C(=O)OC(C)(C)C)C1. The maximum Gasteiger partial charge on any atom is 0.410 e. The maximum absolute atomic E-state index is 11.9. The number of hydrogen-bond acceptors (Lipinski definition) is 4. The number of hydrogen-bond donors (Lipinski definition) is 0. The third-order valence-corrected chi connectivity index (χ3v) is 2.92. The molecule has 20 heavy (non-hydrogen) atoms. The van der Waals surface area contributed by atoms with Crippen LogP contribution in [0.4, 0.5) is 4.79 Å². The van der Waals surface area contributed by atoms with E-state index in [0.717, 1.165) is 6.42 Å². The summed E-state index contributed by atoms with van der Waals surface area (Å²) in [5.41, 5.74) is 1.97. The summed E-state index contributed by atoms with van der Waals surface area (Å²) < 4.78 is 10.7. The molecule has 1 rings (SSSR count). The monoisotopic (exact) mass is 281 g/mol. The van der Waals surface area contributed by atoms with Crippen molar-refractivity contribution < 1.29 is 19.1 Å². The van der Waals surface area contributed by atoms with Crippen molar-refractivity contribution in [3.63, 3.8) is 0 Å². The smallest absolute Gasteiger partial charge is 0.410 e. The molecule has 5 heteroatoms. The van der Waals surface area contributed by atoms with Crippen molar-refractivity contribution in [2.75, 3.05) is 19.7 Å². The summed E-state index contributed by atoms with van der Waals surface area (Å²) in [7, 11) is 0. The molecule has 0 saturated carbocycles. The summed E-state index contributed by atoms with van der Waals surface area (Å²) in [5.74, 6) is 2.41. The van der Waals surface area contributed by atoms with Crippen LogP contribution < -0.4 is 0 Å². The fourth-order valence-electron chi connectivity index (χ4n) is 2.13. The van der Waals surface area contributed by atoms with Gasteiger partial charge in [-0.25, -0.2) is 9.59 Å². The molecule has 1 atom stereocenters. The quantitative estimate of drug-likeness (QED) is 0.451. The number of likely N-dealkylation sites (tertiary alicyclic amines) is 1. The summed E-state index contributed by atoms with van der Waals surface area (Å²) in [4.78, 5) is 24.0. The van der Waals surface area contributed by atoms with Gasteiger partial charge in [0.25, 0.3) is 0 Å². The molecule has 1 fully saturated rings. The number of amides is 1. The van der Waals surface area contributed by atoms with Crippen LogP contribution in [0.1, 0.15) is 40.5 Å². The predicted octanol–water partition coefficient (Wildman–Crippen LogP) is 2.54. The number of rotatable bonds is 4. The van der Waals surface area contributed by atoms with Crippen LogP contribution in [-0.2, 0) is 14.3 Å². The van der Waals surface area contributed by atoms with Gasteiger partial charge < -0.3 is 14.4 Å². The van der Waals surface area contributed by atoms with Gasteiger partial charge in [0, 0.05) is 25.2 Å². The molecule has 1 heterocycles. The third kappa shape index (κ3) is 5.52. The second-order valence-corrected chi connectivity index (χ2v) is 5.87. The van der Waals surface area contributed by atoms with Gasteiger partial charge in [0.05, 0.1) is 6.61 Å². The van der Waals surface area contributed by atoms with Gasteiger partial charge in [-0.2, -0.15) is 0 Å². The minimum atomic E-state index is -0.480. The molecular weight excluding hydrogens is 258 g/mol. The van der Waals surface area contributed by atoms with Crippen molar-refractivity contribution in [3.8, 4) is 0 Å². The van der Waals surface area contributed by atoms with E-state index >= 15 is 0 Å². The molecule has 1 amide bonds. The number of ether oxygens (including phenoxy) is 2. The Morgan fingerprint density at radius 3 is 2.65 bits per heavy atom. The van der Waals surface area contributed by atoms with Crippen molar-refractivity contribution >= 4 is 12.0 Å². The molecule has 0 N–H and O–H groups in total. The number of carbonyl (C=O) groups is 1. The Kier molecular flexibility index (Phi) is 5.87. The fraction of sp³-hybridized carbons (Fsp3) is 0.733. The van der Waals surface area contributed by atoms with Gasteiger partial charge in [0.1, 0.15) is 11.4 Å². The van der Waals surface area contributed by atoms with E-state index in [0.29, 0.717) is 31.9 Å². The molecular formula is C15H23NO4. The van der Waals surface area contributed by atoms with Gasteiger partial charge in [-0.1, -0.05) is 0 Å². The molecule has 0 radical (unpaired) electrons. The van der Waals surface area contributed by atoms with Gasteiger partial charge >= 0.3 is 6.09 Å². The molecule has 1 saturated heterocycles. The first-order valence-corrected chi connectivity index (χ1v) is 6.95. The van der Waals surface area contributed by atoms with E-state index in [-0.39, 0.29) is 12.0 Å². The third-order valence-electron chi connectivity index (χ3n) is 2.92. The molecule has 0 aromatic heterocycles. The van der Waals surface area contributed by atoms with Crippen LogP contribution in [0.3, 0.4) is 0 Å². The van der Waals surface area contributed by atoms with E-state index in [9.17, 15) is 9.59 Å². The van der Waals surface area contributed by atoms with E-state index < -0.39 is 5.60 Å². The number of carbonyl (C=O) groups excluding carboxylic acids is 2. The summed E-state index contributed by atoms with van der Waals surface area (Å²) in [6.45, 7) is 9.19. The van der Waals surface area contributed by atoms with Crippen LogP contribution in [0.5, 0.6) is 0 Å². The van der Waals surface area contributed by atoms with Crippen LogP contribution >= 0.6 is 0 Å². The van der Waals surface area contributed by atoms with Crippen molar-refractivity contribution in [3.05, 3.63) is 11.5 Å². The van der Waals surface area contributed by atoms with Crippen LogP contribution in [0.15, 0.2) is 11.5 Å². The molecule has 5 nitrogen and oxygen atoms in total. The molecule has 1 aliphatic heterocycles. The lowest BCUT2D eigenvalue weighted by atomic mass is 10.0. The van der Waals surface area contributed by atoms with Crippen LogP contribution in [0.2, 0.25) is 0 Å². The lowest BCUT2D eigenvalue weighted by Gasteiger charge is -2.24. The molecule has 1 unspecified atom stereocenters. The molecule has 0 aliphatic carbocycles. The molecule has 112 valence electrons. The van der Waals surface area contributed by atoms with Gasteiger partial charge in [-0.3, -0.25) is 0 Å². The van der Waals surface area contributed by atoms with E-state index in [4.69, 9.17) is 9.47 Å². The summed E-state index contributed by atoms with van der Waals surface area (Å²) in [6.07, 6.45) is 1.19. The van der Waals surface area contributed by atoms with Crippen LogP contribution in [-0.4, -0.2) is 42.2 Å². The maximum atomic E-state index is 11.9. The summed E-state index contributed by atoms with van der Waals surface area (Å²) >= 11 is 0. The lowest BCUT2D eigenvalue weighted by Crippen LogP contribution is -2.35. The van der Waals surface area contributed by atoms with Gasteiger partial charge in [-0.05, 0) is 40.0 Å². The molecule has 0 aromatic carbocycles. The minimum Gasteiger partial charge on any atom is -0.489 e. The molecule has 0 spiro atoms. The highest BCUT2D eigenvalue weighted by Crippen LogP contribution is 2.24. The topological polar surface area (TPSA) is 55.8 Å². The zero-order chi connectivity index (χ0) is 15.2. The van der Waals surface area contributed by atoms with E-state index in [1.165, 1.54) is 0 Å². The second-order valence-electron chi connectivity index (χ2n) is 5.87. The highest BCUT2D eigenvalue weighted by atomic mass is 16.6. The van der Waals surface area contributed by atoms with E-state index in [1.54, 1.807) is 10.8 Å². The largest absolute Gasteiger partial charge is 0.489 e. The fourth-order valence-corrected chi connectivity index (χ4v) is 2.13. The first kappa shape index (κ1) is 16.4. The standard InChI is InChI=1S/C15H23NO4/c1-5-19-13(7-9-17)10-12-6-8-16(11-12)14(18)20-15(2,3)4/h12H,5-6,8,10-11H2,1-4H3. The Morgan fingerprint density at radius 2 is 2.10 bits per heavy atom. The molecule has 1 aliphatic rings. The summed E-state index contributed by atoms with van der Waals surface area (Å²) in [5, 5.41) is 0. The normalized spacial score (nSPS) is 18.2. The lowest BCUT2D eigenvalue weighted by molar-refractivity contribution is 0.0287. The van der Waals surface area contributed by atoms with Gasteiger partial charge in [0.15, 0.2) is 5.94 Å². The summed E-state index contributed by atoms with van der Waals surface area (Å²) in [6, 6.07) is 0. The number of nitrogens with zero attached hydrogens (tertiary/aromatic N) is 1. The predicted molar refractivity (Wildman–Crippen MR) is 74.9 cm³/mol.